The normalized spacial score (nSPS) is 15.0. The Morgan fingerprint density at radius 1 is 1.06 bits per heavy atom. The molecule has 166 valence electrons. The molecule has 32 heavy (non-hydrogen) atoms. The summed E-state index contributed by atoms with van der Waals surface area (Å²) < 4.78 is 35.8. The number of aromatic nitrogens is 1. The Morgan fingerprint density at radius 3 is 2.44 bits per heavy atom. The van der Waals surface area contributed by atoms with Crippen LogP contribution in [0, 0.1) is 6.92 Å². The Balaban J connectivity index is 1.56. The Bertz CT molecular complexity index is 1300. The number of fused-ring (bicyclic) bond motifs is 1. The highest BCUT2D eigenvalue weighted by molar-refractivity contribution is 7.93. The van der Waals surface area contributed by atoms with Crippen molar-refractivity contribution in [3.8, 4) is 0 Å². The molecule has 0 radical (unpaired) electrons. The van der Waals surface area contributed by atoms with Gasteiger partial charge in [0, 0.05) is 11.9 Å². The summed E-state index contributed by atoms with van der Waals surface area (Å²) >= 11 is 0. The molecule has 0 N–H and O–H groups in total. The average molecular weight is 455 g/mol. The van der Waals surface area contributed by atoms with Gasteiger partial charge in [0.25, 0.3) is 0 Å². The minimum absolute atomic E-state index is 0.123. The van der Waals surface area contributed by atoms with Crippen LogP contribution in [0.15, 0.2) is 48.5 Å². The zero-order valence-electron chi connectivity index (χ0n) is 17.7. The molecule has 1 aliphatic heterocycles. The van der Waals surface area contributed by atoms with E-state index in [0.717, 1.165) is 5.39 Å². The maximum atomic E-state index is 12.6. The van der Waals surface area contributed by atoms with Crippen LogP contribution >= 0.6 is 0 Å². The predicted molar refractivity (Wildman–Crippen MR) is 119 cm³/mol. The zero-order chi connectivity index (χ0) is 22.9. The summed E-state index contributed by atoms with van der Waals surface area (Å²) in [5.41, 5.74) is 2.74. The number of pyridine rings is 1. The molecule has 2 heterocycles. The smallest absolute Gasteiger partial charge is 0.340 e. The maximum Gasteiger partial charge on any atom is 0.340 e. The fraction of sp³-hybridized carbons (Fsp3) is 0.261. The number of hydrogen-bond donors (Lipinski definition) is 0. The number of rotatable bonds is 5. The topological polar surface area (TPSA) is 103 Å². The summed E-state index contributed by atoms with van der Waals surface area (Å²) in [6.45, 7) is 2.01. The molecule has 1 aliphatic rings. The number of nitrogens with zero attached hydrogens (tertiary/aromatic N) is 2. The number of esters is 2. The second-order valence-corrected chi connectivity index (χ2v) is 9.44. The summed E-state index contributed by atoms with van der Waals surface area (Å²) in [6, 6.07) is 13.6. The fourth-order valence-electron chi connectivity index (χ4n) is 3.83. The van der Waals surface area contributed by atoms with E-state index in [0.29, 0.717) is 35.4 Å². The molecule has 0 aliphatic carbocycles. The number of carbonyl (C=O) groups is 2. The summed E-state index contributed by atoms with van der Waals surface area (Å²) in [5.74, 6) is -1.04. The molecule has 0 bridgehead atoms. The highest BCUT2D eigenvalue weighted by atomic mass is 32.2. The van der Waals surface area contributed by atoms with Crippen LogP contribution in [-0.4, -0.2) is 44.7 Å². The highest BCUT2D eigenvalue weighted by Crippen LogP contribution is 2.26. The number of sulfonamides is 1. The van der Waals surface area contributed by atoms with Gasteiger partial charge in [-0.3, -0.25) is 4.31 Å². The van der Waals surface area contributed by atoms with E-state index in [-0.39, 0.29) is 23.5 Å². The van der Waals surface area contributed by atoms with Crippen molar-refractivity contribution >= 4 is 38.6 Å². The Kier molecular flexibility index (Phi) is 5.84. The van der Waals surface area contributed by atoms with Gasteiger partial charge in [0.05, 0.1) is 40.9 Å². The van der Waals surface area contributed by atoms with E-state index in [4.69, 9.17) is 9.47 Å². The zero-order valence-corrected chi connectivity index (χ0v) is 18.5. The molecule has 1 saturated heterocycles. The predicted octanol–water partition coefficient (Wildman–Crippen LogP) is 3.23. The molecule has 0 unspecified atom stereocenters. The lowest BCUT2D eigenvalue weighted by Crippen LogP contribution is -2.25. The third kappa shape index (κ3) is 4.03. The van der Waals surface area contributed by atoms with Gasteiger partial charge in [-0.25, -0.2) is 23.0 Å². The Labute approximate surface area is 185 Å². The van der Waals surface area contributed by atoms with Gasteiger partial charge in [-0.1, -0.05) is 18.2 Å². The summed E-state index contributed by atoms with van der Waals surface area (Å²) in [5, 5.41) is 0.815. The van der Waals surface area contributed by atoms with Gasteiger partial charge < -0.3 is 9.47 Å². The van der Waals surface area contributed by atoms with Crippen LogP contribution < -0.4 is 4.31 Å². The Hall–Kier alpha value is -3.46. The molecule has 4 rings (SSSR count). The quantitative estimate of drug-likeness (QED) is 0.545. The molecule has 1 aromatic heterocycles. The molecule has 0 saturated carbocycles. The van der Waals surface area contributed by atoms with Gasteiger partial charge in [-0.15, -0.1) is 0 Å². The van der Waals surface area contributed by atoms with E-state index in [9.17, 15) is 18.0 Å². The molecular weight excluding hydrogens is 432 g/mol. The first-order valence-corrected chi connectivity index (χ1v) is 11.7. The molecule has 0 atom stereocenters. The summed E-state index contributed by atoms with van der Waals surface area (Å²) in [7, 11) is -2.01. The van der Waals surface area contributed by atoms with Crippen molar-refractivity contribution in [3.05, 3.63) is 70.9 Å². The fourth-order valence-corrected chi connectivity index (χ4v) is 5.39. The number of ether oxygens (including phenoxy) is 2. The second kappa shape index (κ2) is 8.58. The number of anilines is 1. The number of benzene rings is 2. The number of methoxy groups -OCH3 is 1. The summed E-state index contributed by atoms with van der Waals surface area (Å²) in [4.78, 5) is 29.5. The van der Waals surface area contributed by atoms with Crippen molar-refractivity contribution in [3.63, 3.8) is 0 Å². The summed E-state index contributed by atoms with van der Waals surface area (Å²) in [6.07, 6.45) is 0.576. The molecule has 1 fully saturated rings. The van der Waals surface area contributed by atoms with E-state index in [1.807, 2.05) is 24.3 Å². The van der Waals surface area contributed by atoms with E-state index in [2.05, 4.69) is 4.98 Å². The minimum atomic E-state index is -3.29. The van der Waals surface area contributed by atoms with E-state index in [1.165, 1.54) is 23.5 Å². The lowest BCUT2D eigenvalue weighted by Gasteiger charge is -2.17. The maximum absolute atomic E-state index is 12.6. The van der Waals surface area contributed by atoms with Crippen LogP contribution in [0.25, 0.3) is 10.9 Å². The van der Waals surface area contributed by atoms with Crippen molar-refractivity contribution < 1.29 is 27.5 Å². The van der Waals surface area contributed by atoms with Crippen molar-refractivity contribution in [2.24, 2.45) is 0 Å². The van der Waals surface area contributed by atoms with Crippen molar-refractivity contribution in [1.82, 2.24) is 4.98 Å². The van der Waals surface area contributed by atoms with Crippen LogP contribution in [0.4, 0.5) is 5.69 Å². The number of carbonyl (C=O) groups excluding carboxylic acids is 2. The van der Waals surface area contributed by atoms with Crippen LogP contribution in [0.3, 0.4) is 0 Å². The van der Waals surface area contributed by atoms with Crippen molar-refractivity contribution in [1.29, 1.82) is 0 Å². The molecule has 2 aromatic carbocycles. The van der Waals surface area contributed by atoms with Crippen LogP contribution in [0.5, 0.6) is 0 Å². The first kappa shape index (κ1) is 21.8. The highest BCUT2D eigenvalue weighted by Gasteiger charge is 2.28. The minimum Gasteiger partial charge on any atom is -0.465 e. The number of aryl methyl sites for hydroxylation is 1. The molecule has 0 amide bonds. The van der Waals surface area contributed by atoms with E-state index >= 15 is 0 Å². The van der Waals surface area contributed by atoms with Crippen LogP contribution in [0.1, 0.15) is 38.4 Å². The van der Waals surface area contributed by atoms with E-state index in [1.54, 1.807) is 19.1 Å². The lowest BCUT2D eigenvalue weighted by molar-refractivity contribution is 0.0455. The van der Waals surface area contributed by atoms with Gasteiger partial charge >= 0.3 is 11.9 Å². The molecule has 8 nitrogen and oxygen atoms in total. The van der Waals surface area contributed by atoms with Gasteiger partial charge in [-0.2, -0.15) is 0 Å². The van der Waals surface area contributed by atoms with Crippen molar-refractivity contribution in [2.75, 3.05) is 23.7 Å². The first-order chi connectivity index (χ1) is 15.3. The first-order valence-electron chi connectivity index (χ1n) is 10.1. The third-order valence-electron chi connectivity index (χ3n) is 5.45. The van der Waals surface area contributed by atoms with Gasteiger partial charge in [-0.05, 0) is 49.2 Å². The van der Waals surface area contributed by atoms with Crippen LogP contribution in [0.2, 0.25) is 0 Å². The second-order valence-electron chi connectivity index (χ2n) is 7.43. The lowest BCUT2D eigenvalue weighted by atomic mass is 10.0. The van der Waals surface area contributed by atoms with Crippen LogP contribution in [-0.2, 0) is 26.1 Å². The standard InChI is InChI=1S/C23H22N2O6S/c1-15-18-6-3-4-7-19(18)24-20(21(15)23(27)30-2)14-31-22(26)16-8-10-17(11-9-16)25-12-5-13-32(25,28)29/h3-4,6-11H,5,12-14H2,1-2H3. The molecular formula is C23H22N2O6S. The number of para-hydroxylation sites is 1. The van der Waals surface area contributed by atoms with Gasteiger partial charge in [0.2, 0.25) is 10.0 Å². The number of hydrogen-bond acceptors (Lipinski definition) is 7. The van der Waals surface area contributed by atoms with Gasteiger partial charge in [0.1, 0.15) is 6.61 Å². The van der Waals surface area contributed by atoms with E-state index < -0.39 is 22.0 Å². The molecule has 3 aromatic rings. The largest absolute Gasteiger partial charge is 0.465 e. The monoisotopic (exact) mass is 454 g/mol. The molecule has 9 heteroatoms. The third-order valence-corrected chi connectivity index (χ3v) is 7.32. The SMILES string of the molecule is COC(=O)c1c(COC(=O)c2ccc(N3CCCS3(=O)=O)cc2)nc2ccccc2c1C. The van der Waals surface area contributed by atoms with Crippen molar-refractivity contribution in [2.45, 2.75) is 20.0 Å². The average Bonchev–Trinajstić information content (AvgIpc) is 3.16. The Morgan fingerprint density at radius 2 is 1.78 bits per heavy atom. The molecule has 0 spiro atoms. The van der Waals surface area contributed by atoms with Gasteiger partial charge in [0.15, 0.2) is 0 Å².